The second-order valence-corrected chi connectivity index (χ2v) is 6.97. The number of nitro benzene ring substituents is 1. The molecule has 1 N–H and O–H groups in total. The van der Waals surface area contributed by atoms with E-state index in [1.807, 2.05) is 0 Å². The van der Waals surface area contributed by atoms with Gasteiger partial charge in [0, 0.05) is 28.9 Å². The van der Waals surface area contributed by atoms with Gasteiger partial charge >= 0.3 is 0 Å². The van der Waals surface area contributed by atoms with E-state index in [4.69, 9.17) is 10.7 Å². The lowest BCUT2D eigenvalue weighted by Gasteiger charge is -2.12. The molecular formula is C11H13ClN2O5S. The Kier molecular flexibility index (Phi) is 4.72. The normalized spacial score (nSPS) is 11.4. The van der Waals surface area contributed by atoms with Gasteiger partial charge in [0.05, 0.1) is 15.4 Å². The molecule has 9 heteroatoms. The third-order valence-corrected chi connectivity index (χ3v) is 3.93. The molecule has 0 spiro atoms. The Morgan fingerprint density at radius 3 is 2.35 bits per heavy atom. The molecule has 1 amide bonds. The van der Waals surface area contributed by atoms with Crippen molar-refractivity contribution in [2.75, 3.05) is 0 Å². The number of carbonyl (C=O) groups excluding carboxylic acids is 1. The second kappa shape index (κ2) is 5.76. The molecule has 0 fully saturated rings. The van der Waals surface area contributed by atoms with Gasteiger partial charge in [-0.2, -0.15) is 0 Å². The average molecular weight is 321 g/mol. The number of hydrogen-bond acceptors (Lipinski definition) is 5. The van der Waals surface area contributed by atoms with Crippen LogP contribution < -0.4 is 5.32 Å². The van der Waals surface area contributed by atoms with Gasteiger partial charge in [0.25, 0.3) is 20.6 Å². The van der Waals surface area contributed by atoms with E-state index in [1.165, 1.54) is 6.92 Å². The van der Waals surface area contributed by atoms with Crippen molar-refractivity contribution in [2.45, 2.75) is 31.7 Å². The second-order valence-electron chi connectivity index (χ2n) is 4.44. The first kappa shape index (κ1) is 16.4. The Bertz CT molecular complexity index is 670. The zero-order valence-electron chi connectivity index (χ0n) is 11.0. The molecule has 1 rings (SSSR count). The minimum atomic E-state index is -4.19. The van der Waals surface area contributed by atoms with E-state index in [2.05, 4.69) is 5.32 Å². The van der Waals surface area contributed by atoms with E-state index in [0.29, 0.717) is 0 Å². The molecule has 7 nitrogen and oxygen atoms in total. The quantitative estimate of drug-likeness (QED) is 0.518. The van der Waals surface area contributed by atoms with Crippen molar-refractivity contribution >= 4 is 31.3 Å². The monoisotopic (exact) mass is 320 g/mol. The molecule has 0 heterocycles. The summed E-state index contributed by atoms with van der Waals surface area (Å²) in [5, 5.41) is 13.4. The van der Waals surface area contributed by atoms with Crippen LogP contribution in [0.1, 0.15) is 29.8 Å². The van der Waals surface area contributed by atoms with Crippen LogP contribution in [0.3, 0.4) is 0 Å². The van der Waals surface area contributed by atoms with E-state index in [1.54, 1.807) is 13.8 Å². The molecule has 0 atom stereocenters. The van der Waals surface area contributed by atoms with E-state index < -0.39 is 30.5 Å². The Balaban J connectivity index is 3.56. The fourth-order valence-corrected chi connectivity index (χ4v) is 2.83. The van der Waals surface area contributed by atoms with Crippen molar-refractivity contribution in [1.29, 1.82) is 0 Å². The summed E-state index contributed by atoms with van der Waals surface area (Å²) in [7, 11) is 1.05. The molecule has 110 valence electrons. The molecule has 20 heavy (non-hydrogen) atoms. The largest absolute Gasteiger partial charge is 0.350 e. The standard InChI is InChI=1S/C11H13ClN2O5S/c1-6(2)13-11(15)9-4-8(14(16)17)5-10(7(9)3)20(12,18)19/h4-6H,1-3H3,(H,13,15). The number of rotatable bonds is 4. The zero-order chi connectivity index (χ0) is 15.7. The highest BCUT2D eigenvalue weighted by Gasteiger charge is 2.24. The first-order chi connectivity index (χ1) is 9.04. The van der Waals surface area contributed by atoms with Crippen molar-refractivity contribution in [1.82, 2.24) is 5.32 Å². The molecular weight excluding hydrogens is 308 g/mol. The molecule has 1 aromatic carbocycles. The SMILES string of the molecule is Cc1c(C(=O)NC(C)C)cc([N+](=O)[O-])cc1S(=O)(=O)Cl. The molecule has 0 radical (unpaired) electrons. The molecule has 0 aliphatic rings. The Hall–Kier alpha value is -1.67. The molecule has 1 aromatic rings. The maximum Gasteiger partial charge on any atom is 0.271 e. The van der Waals surface area contributed by atoms with E-state index >= 15 is 0 Å². The van der Waals surface area contributed by atoms with Crippen LogP contribution in [0.2, 0.25) is 0 Å². The third kappa shape index (κ3) is 3.67. The summed E-state index contributed by atoms with van der Waals surface area (Å²) in [5.41, 5.74) is -0.528. The Labute approximate surface area is 120 Å². The summed E-state index contributed by atoms with van der Waals surface area (Å²) in [6.07, 6.45) is 0. The highest BCUT2D eigenvalue weighted by molar-refractivity contribution is 8.13. The predicted molar refractivity (Wildman–Crippen MR) is 73.5 cm³/mol. The van der Waals surface area contributed by atoms with E-state index in [9.17, 15) is 23.3 Å². The van der Waals surface area contributed by atoms with Gasteiger partial charge in [-0.1, -0.05) is 0 Å². The lowest BCUT2D eigenvalue weighted by molar-refractivity contribution is -0.385. The number of hydrogen-bond donors (Lipinski definition) is 1. The van der Waals surface area contributed by atoms with Gasteiger partial charge < -0.3 is 5.32 Å². The predicted octanol–water partition coefficient (Wildman–Crippen LogP) is 1.97. The fraction of sp³-hybridized carbons (Fsp3) is 0.364. The fourth-order valence-electron chi connectivity index (χ4n) is 1.61. The van der Waals surface area contributed by atoms with E-state index in [-0.39, 0.29) is 17.2 Å². The number of amides is 1. The van der Waals surface area contributed by atoms with Crippen molar-refractivity contribution in [3.63, 3.8) is 0 Å². The first-order valence-electron chi connectivity index (χ1n) is 5.58. The van der Waals surface area contributed by atoms with Gasteiger partial charge in [-0.05, 0) is 26.3 Å². The summed E-state index contributed by atoms with van der Waals surface area (Å²) >= 11 is 0. The van der Waals surface area contributed by atoms with E-state index in [0.717, 1.165) is 12.1 Å². The smallest absolute Gasteiger partial charge is 0.271 e. The first-order valence-corrected chi connectivity index (χ1v) is 7.89. The number of nitrogens with one attached hydrogen (secondary N) is 1. The number of carbonyl (C=O) groups is 1. The third-order valence-electron chi connectivity index (χ3n) is 2.48. The molecule has 0 saturated carbocycles. The van der Waals surface area contributed by atoms with Crippen molar-refractivity contribution in [2.24, 2.45) is 0 Å². The minimum Gasteiger partial charge on any atom is -0.350 e. The number of nitro groups is 1. The highest BCUT2D eigenvalue weighted by Crippen LogP contribution is 2.28. The highest BCUT2D eigenvalue weighted by atomic mass is 35.7. The maximum atomic E-state index is 12.0. The van der Waals surface area contributed by atoms with Gasteiger partial charge in [0.15, 0.2) is 0 Å². The molecule has 0 unspecified atom stereocenters. The number of benzene rings is 1. The molecule has 0 aromatic heterocycles. The van der Waals surface area contributed by atoms with Gasteiger partial charge in [-0.15, -0.1) is 0 Å². The van der Waals surface area contributed by atoms with Gasteiger partial charge in [0.2, 0.25) is 0 Å². The van der Waals surface area contributed by atoms with Crippen LogP contribution in [-0.2, 0) is 9.05 Å². The summed E-state index contributed by atoms with van der Waals surface area (Å²) in [6, 6.07) is 1.67. The minimum absolute atomic E-state index is 0.0729. The van der Waals surface area contributed by atoms with Crippen molar-refractivity contribution in [3.8, 4) is 0 Å². The van der Waals surface area contributed by atoms with Crippen LogP contribution >= 0.6 is 10.7 Å². The van der Waals surface area contributed by atoms with Crippen LogP contribution in [0.5, 0.6) is 0 Å². The topological polar surface area (TPSA) is 106 Å². The van der Waals surface area contributed by atoms with Crippen LogP contribution in [0.25, 0.3) is 0 Å². The van der Waals surface area contributed by atoms with Crippen LogP contribution in [-0.4, -0.2) is 25.3 Å². The van der Waals surface area contributed by atoms with Gasteiger partial charge in [-0.3, -0.25) is 14.9 Å². The zero-order valence-corrected chi connectivity index (χ0v) is 12.6. The lowest BCUT2D eigenvalue weighted by Crippen LogP contribution is -2.31. The molecule has 0 aliphatic carbocycles. The van der Waals surface area contributed by atoms with Crippen LogP contribution in [0, 0.1) is 17.0 Å². The van der Waals surface area contributed by atoms with Gasteiger partial charge in [0.1, 0.15) is 0 Å². The van der Waals surface area contributed by atoms with Crippen LogP contribution in [0.15, 0.2) is 17.0 Å². The average Bonchev–Trinajstić information content (AvgIpc) is 2.25. The summed E-state index contributed by atoms with van der Waals surface area (Å²) in [4.78, 5) is 21.6. The summed E-state index contributed by atoms with van der Waals surface area (Å²) in [5.74, 6) is -0.595. The molecule has 0 bridgehead atoms. The number of nitrogens with zero attached hydrogens (tertiary/aromatic N) is 1. The summed E-state index contributed by atoms with van der Waals surface area (Å²) in [6.45, 7) is 4.79. The lowest BCUT2D eigenvalue weighted by atomic mass is 10.1. The van der Waals surface area contributed by atoms with Crippen molar-refractivity contribution in [3.05, 3.63) is 33.4 Å². The number of non-ortho nitro benzene ring substituents is 1. The number of halogens is 1. The Morgan fingerprint density at radius 1 is 1.40 bits per heavy atom. The maximum absolute atomic E-state index is 12.0. The Morgan fingerprint density at radius 2 is 1.95 bits per heavy atom. The van der Waals surface area contributed by atoms with Crippen molar-refractivity contribution < 1.29 is 18.1 Å². The molecule has 0 saturated heterocycles. The summed E-state index contributed by atoms with van der Waals surface area (Å²) < 4.78 is 22.9. The molecule has 0 aliphatic heterocycles. The van der Waals surface area contributed by atoms with Crippen LogP contribution in [0.4, 0.5) is 5.69 Å². The van der Waals surface area contributed by atoms with Gasteiger partial charge in [-0.25, -0.2) is 8.42 Å².